The zero-order valence-electron chi connectivity index (χ0n) is 15.8. The fourth-order valence-corrected chi connectivity index (χ4v) is 4.22. The Labute approximate surface area is 160 Å². The molecule has 8 heteroatoms. The lowest BCUT2D eigenvalue weighted by atomic mass is 9.79. The molecule has 0 spiro atoms. The number of hydrogen-bond donors (Lipinski definition) is 1. The average molecular weight is 390 g/mol. The van der Waals surface area contributed by atoms with Gasteiger partial charge in [0.2, 0.25) is 16.5 Å². The van der Waals surface area contributed by atoms with Crippen molar-refractivity contribution in [3.63, 3.8) is 0 Å². The summed E-state index contributed by atoms with van der Waals surface area (Å²) in [6.45, 7) is 13.1. The van der Waals surface area contributed by atoms with Crippen molar-refractivity contribution in [1.29, 1.82) is 0 Å². The lowest BCUT2D eigenvalue weighted by molar-refractivity contribution is 0.139. The zero-order chi connectivity index (χ0) is 18.7. The van der Waals surface area contributed by atoms with Crippen molar-refractivity contribution < 1.29 is 4.74 Å². The van der Waals surface area contributed by atoms with E-state index in [2.05, 4.69) is 52.9 Å². The van der Waals surface area contributed by atoms with Crippen LogP contribution in [0.4, 0.5) is 5.95 Å². The highest BCUT2D eigenvalue weighted by molar-refractivity contribution is 6.31. The minimum Gasteiger partial charge on any atom is -0.382 e. The number of anilines is 1. The molecule has 0 aliphatic carbocycles. The number of rotatable bonds is 7. The average Bonchev–Trinajstić information content (AvgIpc) is 2.42. The van der Waals surface area contributed by atoms with Gasteiger partial charge in [-0.25, -0.2) is 0 Å². The molecule has 2 heterocycles. The summed E-state index contributed by atoms with van der Waals surface area (Å²) in [4.78, 5) is 14.7. The first-order chi connectivity index (χ1) is 11.6. The van der Waals surface area contributed by atoms with E-state index in [1.165, 1.54) is 0 Å². The summed E-state index contributed by atoms with van der Waals surface area (Å²) >= 11 is 12.0. The van der Waals surface area contributed by atoms with E-state index in [1.54, 1.807) is 0 Å². The number of halogens is 2. The first kappa shape index (κ1) is 20.6. The van der Waals surface area contributed by atoms with Crippen molar-refractivity contribution in [2.75, 3.05) is 24.7 Å². The van der Waals surface area contributed by atoms with Crippen LogP contribution in [-0.2, 0) is 4.74 Å². The number of piperidine rings is 1. The molecule has 2 rings (SSSR count). The van der Waals surface area contributed by atoms with E-state index in [4.69, 9.17) is 27.9 Å². The number of aromatic nitrogens is 3. The summed E-state index contributed by atoms with van der Waals surface area (Å²) in [5, 5.41) is 3.96. The van der Waals surface area contributed by atoms with Gasteiger partial charge in [-0.2, -0.15) is 15.0 Å². The molecule has 0 bridgehead atoms. The smallest absolute Gasteiger partial charge is 0.231 e. The topological polar surface area (TPSA) is 63.2 Å². The Hall–Kier alpha value is -0.690. The van der Waals surface area contributed by atoms with E-state index in [0.717, 1.165) is 32.4 Å². The van der Waals surface area contributed by atoms with Gasteiger partial charge in [0.15, 0.2) is 0 Å². The maximum absolute atomic E-state index is 6.02. The molecule has 1 N–H and O–H groups in total. The molecule has 1 fully saturated rings. The Balaban J connectivity index is 2.26. The molecule has 1 aliphatic heterocycles. The van der Waals surface area contributed by atoms with Gasteiger partial charge in [-0.15, -0.1) is 0 Å². The summed E-state index contributed by atoms with van der Waals surface area (Å²) in [6, 6.07) is 0.280. The molecule has 0 atom stereocenters. The Bertz CT molecular complexity index is 546. The summed E-state index contributed by atoms with van der Waals surface area (Å²) in [5.74, 6) is 0.542. The summed E-state index contributed by atoms with van der Waals surface area (Å²) in [7, 11) is 0. The van der Waals surface area contributed by atoms with Gasteiger partial charge >= 0.3 is 0 Å². The van der Waals surface area contributed by atoms with Crippen LogP contribution in [0.5, 0.6) is 0 Å². The van der Waals surface area contributed by atoms with E-state index < -0.39 is 0 Å². The van der Waals surface area contributed by atoms with Gasteiger partial charge in [-0.3, -0.25) is 0 Å². The van der Waals surface area contributed by atoms with Crippen LogP contribution in [0.15, 0.2) is 0 Å². The van der Waals surface area contributed by atoms with Crippen LogP contribution in [0, 0.1) is 0 Å². The quantitative estimate of drug-likeness (QED) is 0.716. The number of hydrogen-bond acceptors (Lipinski definition) is 6. The van der Waals surface area contributed by atoms with Crippen LogP contribution >= 0.6 is 23.2 Å². The minimum atomic E-state index is 0.0191. The van der Waals surface area contributed by atoms with Gasteiger partial charge in [-0.1, -0.05) is 0 Å². The van der Waals surface area contributed by atoms with Crippen molar-refractivity contribution in [3.8, 4) is 0 Å². The van der Waals surface area contributed by atoms with Crippen molar-refractivity contribution in [2.45, 2.75) is 71.0 Å². The Morgan fingerprint density at radius 3 is 2.16 bits per heavy atom. The van der Waals surface area contributed by atoms with E-state index in [0.29, 0.717) is 12.6 Å². The summed E-state index contributed by atoms with van der Waals surface area (Å²) in [5.41, 5.74) is 0.0381. The van der Waals surface area contributed by atoms with E-state index >= 15 is 0 Å². The molecule has 6 nitrogen and oxygen atoms in total. The second-order valence-electron chi connectivity index (χ2n) is 7.87. The molecule has 0 saturated carbocycles. The predicted molar refractivity (Wildman–Crippen MR) is 103 cm³/mol. The number of ether oxygens (including phenoxy) is 1. The first-order valence-electron chi connectivity index (χ1n) is 8.83. The Kier molecular flexibility index (Phi) is 6.87. The van der Waals surface area contributed by atoms with Crippen molar-refractivity contribution in [3.05, 3.63) is 10.6 Å². The SMILES string of the molecule is CCOCCCN(c1nc(Cl)nc(Cl)n1)C1CC(C)(C)NC(C)(C)C1. The molecule has 1 saturated heterocycles. The van der Waals surface area contributed by atoms with Crippen LogP contribution < -0.4 is 10.2 Å². The largest absolute Gasteiger partial charge is 0.382 e. The van der Waals surface area contributed by atoms with Gasteiger partial charge in [0.25, 0.3) is 0 Å². The minimum absolute atomic E-state index is 0.0191. The molecular formula is C17H29Cl2N5O. The van der Waals surface area contributed by atoms with Crippen LogP contribution in [-0.4, -0.2) is 51.8 Å². The molecule has 1 aliphatic rings. The first-order valence-corrected chi connectivity index (χ1v) is 9.58. The Morgan fingerprint density at radius 2 is 1.64 bits per heavy atom. The third-order valence-corrected chi connectivity index (χ3v) is 4.67. The van der Waals surface area contributed by atoms with Crippen molar-refractivity contribution >= 4 is 29.2 Å². The van der Waals surface area contributed by atoms with Crippen LogP contribution in [0.25, 0.3) is 0 Å². The summed E-state index contributed by atoms with van der Waals surface area (Å²) in [6.07, 6.45) is 2.84. The lowest BCUT2D eigenvalue weighted by Crippen LogP contribution is -2.62. The van der Waals surface area contributed by atoms with Gasteiger partial charge in [0, 0.05) is 36.9 Å². The Morgan fingerprint density at radius 1 is 1.08 bits per heavy atom. The van der Waals surface area contributed by atoms with Crippen molar-refractivity contribution in [1.82, 2.24) is 20.3 Å². The maximum Gasteiger partial charge on any atom is 0.231 e. The molecular weight excluding hydrogens is 361 g/mol. The third-order valence-electron chi connectivity index (χ3n) is 4.33. The normalized spacial score (nSPS) is 19.8. The molecule has 142 valence electrons. The zero-order valence-corrected chi connectivity index (χ0v) is 17.3. The predicted octanol–water partition coefficient (Wildman–Crippen LogP) is 3.72. The highest BCUT2D eigenvalue weighted by atomic mass is 35.5. The summed E-state index contributed by atoms with van der Waals surface area (Å²) < 4.78 is 5.49. The monoisotopic (exact) mass is 389 g/mol. The van der Waals surface area contributed by atoms with E-state index in [1.807, 2.05) is 6.92 Å². The molecule has 0 amide bonds. The molecule has 1 aromatic rings. The second-order valence-corrected chi connectivity index (χ2v) is 8.55. The molecule has 0 unspecified atom stereocenters. The van der Waals surface area contributed by atoms with E-state index in [9.17, 15) is 0 Å². The highest BCUT2D eigenvalue weighted by Gasteiger charge is 2.40. The molecule has 0 aromatic carbocycles. The van der Waals surface area contributed by atoms with Crippen LogP contribution in [0.2, 0.25) is 10.6 Å². The fraction of sp³-hybridized carbons (Fsp3) is 0.824. The lowest BCUT2D eigenvalue weighted by Gasteiger charge is -2.49. The van der Waals surface area contributed by atoms with Crippen molar-refractivity contribution in [2.24, 2.45) is 0 Å². The fourth-order valence-electron chi connectivity index (χ4n) is 3.86. The molecule has 1 aromatic heterocycles. The highest BCUT2D eigenvalue weighted by Crippen LogP contribution is 2.33. The molecule has 0 radical (unpaired) electrons. The van der Waals surface area contributed by atoms with Gasteiger partial charge in [0.1, 0.15) is 0 Å². The van der Waals surface area contributed by atoms with Gasteiger partial charge in [-0.05, 0) is 77.1 Å². The second kappa shape index (κ2) is 8.33. The molecule has 25 heavy (non-hydrogen) atoms. The number of nitrogens with one attached hydrogen (secondary N) is 1. The maximum atomic E-state index is 6.02. The standard InChI is InChI=1S/C17H29Cl2N5O/c1-6-25-9-7-8-24(15-21-13(18)20-14(19)22-15)12-10-16(2,3)23-17(4,5)11-12/h12,23H,6-11H2,1-5H3. The van der Waals surface area contributed by atoms with Crippen LogP contribution in [0.3, 0.4) is 0 Å². The van der Waals surface area contributed by atoms with Gasteiger partial charge < -0.3 is 15.0 Å². The third kappa shape index (κ3) is 6.20. The van der Waals surface area contributed by atoms with Crippen LogP contribution in [0.1, 0.15) is 53.9 Å². The van der Waals surface area contributed by atoms with E-state index in [-0.39, 0.29) is 27.7 Å². The number of nitrogens with zero attached hydrogens (tertiary/aromatic N) is 4. The van der Waals surface area contributed by atoms with Gasteiger partial charge in [0.05, 0.1) is 0 Å².